The molecular weight excluding hydrogens is 356 g/mol. The highest BCUT2D eigenvalue weighted by Gasteiger charge is 2.12. The maximum absolute atomic E-state index is 13.5. The Morgan fingerprint density at radius 3 is 2.30 bits per heavy atom. The number of likely N-dealkylation sites (N-methyl/N-ethyl adjacent to an activating group) is 1. The number of nitrogens with one attached hydrogen (secondary N) is 3. The molecule has 2 aromatic rings. The second-order valence-corrected chi connectivity index (χ2v) is 5.73. The fraction of sp³-hybridized carbons (Fsp3) is 0.211. The standard InChI is InChI=1S/C19H19F2N3O3/c1-22-18(26)10-12-2-5-14(6-3-12)24-17(25)8-9-23-19(27)15-7-4-13(20)11-16(15)21/h2-7,11H,8-10H2,1H3,(H,22,26)(H,23,27)(H,24,25). The van der Waals surface area contributed by atoms with Crippen LogP contribution in [0.2, 0.25) is 0 Å². The Bertz CT molecular complexity index is 839. The monoisotopic (exact) mass is 375 g/mol. The fourth-order valence-corrected chi connectivity index (χ4v) is 2.26. The molecule has 0 spiro atoms. The van der Waals surface area contributed by atoms with Gasteiger partial charge in [-0.25, -0.2) is 8.78 Å². The quantitative estimate of drug-likeness (QED) is 0.692. The number of carbonyl (C=O) groups is 3. The van der Waals surface area contributed by atoms with Crippen molar-refractivity contribution in [2.75, 3.05) is 18.9 Å². The van der Waals surface area contributed by atoms with Crippen LogP contribution in [0.1, 0.15) is 22.3 Å². The minimum Gasteiger partial charge on any atom is -0.359 e. The van der Waals surface area contributed by atoms with Gasteiger partial charge in [0.15, 0.2) is 0 Å². The van der Waals surface area contributed by atoms with Crippen LogP contribution in [0.5, 0.6) is 0 Å². The Morgan fingerprint density at radius 1 is 0.963 bits per heavy atom. The van der Waals surface area contributed by atoms with Crippen molar-refractivity contribution >= 4 is 23.4 Å². The maximum atomic E-state index is 13.5. The van der Waals surface area contributed by atoms with Gasteiger partial charge in [-0.1, -0.05) is 12.1 Å². The zero-order valence-corrected chi connectivity index (χ0v) is 14.6. The molecular formula is C19H19F2N3O3. The molecule has 0 saturated carbocycles. The molecule has 6 nitrogen and oxygen atoms in total. The molecule has 0 unspecified atom stereocenters. The molecule has 3 N–H and O–H groups in total. The number of anilines is 1. The minimum absolute atomic E-state index is 0.00373. The van der Waals surface area contributed by atoms with E-state index in [-0.39, 0.29) is 36.8 Å². The van der Waals surface area contributed by atoms with E-state index in [1.807, 2.05) is 0 Å². The van der Waals surface area contributed by atoms with Gasteiger partial charge in [-0.15, -0.1) is 0 Å². The average Bonchev–Trinajstić information content (AvgIpc) is 2.63. The first-order valence-electron chi connectivity index (χ1n) is 8.21. The first kappa shape index (κ1) is 20.0. The summed E-state index contributed by atoms with van der Waals surface area (Å²) in [6, 6.07) is 9.44. The lowest BCUT2D eigenvalue weighted by Gasteiger charge is -2.08. The van der Waals surface area contributed by atoms with E-state index in [1.165, 1.54) is 0 Å². The van der Waals surface area contributed by atoms with Gasteiger partial charge in [-0.2, -0.15) is 0 Å². The van der Waals surface area contributed by atoms with Crippen molar-refractivity contribution in [1.82, 2.24) is 10.6 Å². The highest BCUT2D eigenvalue weighted by molar-refractivity contribution is 5.95. The van der Waals surface area contributed by atoms with E-state index < -0.39 is 17.5 Å². The van der Waals surface area contributed by atoms with E-state index in [9.17, 15) is 23.2 Å². The highest BCUT2D eigenvalue weighted by Crippen LogP contribution is 2.11. The molecule has 2 aromatic carbocycles. The van der Waals surface area contributed by atoms with Gasteiger partial charge in [0, 0.05) is 31.8 Å². The third-order valence-corrected chi connectivity index (χ3v) is 3.69. The molecule has 0 radical (unpaired) electrons. The number of rotatable bonds is 7. The van der Waals surface area contributed by atoms with Gasteiger partial charge in [0.25, 0.3) is 5.91 Å². The van der Waals surface area contributed by atoms with Crippen LogP contribution in [-0.4, -0.2) is 31.3 Å². The van der Waals surface area contributed by atoms with Gasteiger partial charge < -0.3 is 16.0 Å². The number of halogens is 2. The summed E-state index contributed by atoms with van der Waals surface area (Å²) < 4.78 is 26.3. The second kappa shape index (κ2) is 9.42. The third-order valence-electron chi connectivity index (χ3n) is 3.69. The molecule has 0 saturated heterocycles. The molecule has 0 aliphatic rings. The summed E-state index contributed by atoms with van der Waals surface area (Å²) in [5.74, 6) is -2.91. The lowest BCUT2D eigenvalue weighted by atomic mass is 10.1. The molecule has 0 fully saturated rings. The van der Waals surface area contributed by atoms with E-state index in [0.29, 0.717) is 11.8 Å². The van der Waals surface area contributed by atoms with Gasteiger partial charge in [-0.05, 0) is 29.8 Å². The van der Waals surface area contributed by atoms with Crippen LogP contribution in [0, 0.1) is 11.6 Å². The normalized spacial score (nSPS) is 10.2. The fourth-order valence-electron chi connectivity index (χ4n) is 2.26. The van der Waals surface area contributed by atoms with Crippen molar-refractivity contribution in [3.05, 3.63) is 65.2 Å². The first-order chi connectivity index (χ1) is 12.9. The van der Waals surface area contributed by atoms with Gasteiger partial charge in [0.2, 0.25) is 11.8 Å². The number of hydrogen-bond acceptors (Lipinski definition) is 3. The van der Waals surface area contributed by atoms with Crippen LogP contribution < -0.4 is 16.0 Å². The predicted octanol–water partition coefficient (Wildman–Crippen LogP) is 2.01. The van der Waals surface area contributed by atoms with Crippen molar-refractivity contribution in [2.45, 2.75) is 12.8 Å². The molecule has 0 aliphatic heterocycles. The molecule has 0 aliphatic carbocycles. The first-order valence-corrected chi connectivity index (χ1v) is 8.21. The highest BCUT2D eigenvalue weighted by atomic mass is 19.1. The summed E-state index contributed by atoms with van der Waals surface area (Å²) in [5, 5.41) is 7.59. The number of amides is 3. The Kier molecular flexibility index (Phi) is 6.99. The molecule has 0 bridgehead atoms. The summed E-state index contributed by atoms with van der Waals surface area (Å²) >= 11 is 0. The van der Waals surface area contributed by atoms with Crippen molar-refractivity contribution < 1.29 is 23.2 Å². The maximum Gasteiger partial charge on any atom is 0.254 e. The number of benzene rings is 2. The smallest absolute Gasteiger partial charge is 0.254 e. The van der Waals surface area contributed by atoms with Crippen molar-refractivity contribution in [3.8, 4) is 0 Å². The van der Waals surface area contributed by atoms with E-state index in [1.54, 1.807) is 31.3 Å². The molecule has 0 aromatic heterocycles. The van der Waals surface area contributed by atoms with E-state index >= 15 is 0 Å². The Hall–Kier alpha value is -3.29. The Labute approximate surface area is 155 Å². The number of hydrogen-bond donors (Lipinski definition) is 3. The topological polar surface area (TPSA) is 87.3 Å². The minimum atomic E-state index is -0.964. The lowest BCUT2D eigenvalue weighted by molar-refractivity contribution is -0.120. The van der Waals surface area contributed by atoms with Gasteiger partial charge in [0.1, 0.15) is 11.6 Å². The Morgan fingerprint density at radius 2 is 1.67 bits per heavy atom. The van der Waals surface area contributed by atoms with Crippen molar-refractivity contribution in [1.29, 1.82) is 0 Å². The number of carbonyl (C=O) groups excluding carboxylic acids is 3. The Balaban J connectivity index is 1.79. The summed E-state index contributed by atoms with van der Waals surface area (Å²) in [5.41, 5.74) is 1.07. The van der Waals surface area contributed by atoms with Crippen molar-refractivity contribution in [2.24, 2.45) is 0 Å². The summed E-state index contributed by atoms with van der Waals surface area (Å²) in [7, 11) is 1.56. The third kappa shape index (κ3) is 6.18. The van der Waals surface area contributed by atoms with Crippen LogP contribution in [0.3, 0.4) is 0 Å². The summed E-state index contributed by atoms with van der Waals surface area (Å²) in [4.78, 5) is 35.0. The molecule has 142 valence electrons. The predicted molar refractivity (Wildman–Crippen MR) is 96.2 cm³/mol. The summed E-state index contributed by atoms with van der Waals surface area (Å²) in [6.07, 6.45) is 0.227. The van der Waals surface area contributed by atoms with Crippen LogP contribution in [0.4, 0.5) is 14.5 Å². The molecule has 0 atom stereocenters. The van der Waals surface area contributed by atoms with Gasteiger partial charge in [0.05, 0.1) is 12.0 Å². The SMILES string of the molecule is CNC(=O)Cc1ccc(NC(=O)CCNC(=O)c2ccc(F)cc2F)cc1. The van der Waals surface area contributed by atoms with Crippen LogP contribution in [-0.2, 0) is 16.0 Å². The van der Waals surface area contributed by atoms with E-state index in [2.05, 4.69) is 16.0 Å². The van der Waals surface area contributed by atoms with Crippen LogP contribution >= 0.6 is 0 Å². The lowest BCUT2D eigenvalue weighted by Crippen LogP contribution is -2.28. The molecule has 3 amide bonds. The van der Waals surface area contributed by atoms with Crippen LogP contribution in [0.25, 0.3) is 0 Å². The zero-order chi connectivity index (χ0) is 19.8. The van der Waals surface area contributed by atoms with Crippen LogP contribution in [0.15, 0.2) is 42.5 Å². The van der Waals surface area contributed by atoms with E-state index in [4.69, 9.17) is 0 Å². The second-order valence-electron chi connectivity index (χ2n) is 5.73. The van der Waals surface area contributed by atoms with Gasteiger partial charge >= 0.3 is 0 Å². The zero-order valence-electron chi connectivity index (χ0n) is 14.6. The molecule has 27 heavy (non-hydrogen) atoms. The molecule has 2 rings (SSSR count). The van der Waals surface area contributed by atoms with Gasteiger partial charge in [-0.3, -0.25) is 14.4 Å². The summed E-state index contributed by atoms with van der Waals surface area (Å²) in [6.45, 7) is -0.00373. The molecule has 8 heteroatoms. The largest absolute Gasteiger partial charge is 0.359 e. The van der Waals surface area contributed by atoms with Crippen molar-refractivity contribution in [3.63, 3.8) is 0 Å². The van der Waals surface area contributed by atoms with E-state index in [0.717, 1.165) is 17.7 Å². The average molecular weight is 375 g/mol. The molecule has 0 heterocycles.